The van der Waals surface area contributed by atoms with Crippen LogP contribution in [-0.2, 0) is 23.0 Å². The number of para-hydroxylation sites is 1. The Morgan fingerprint density at radius 3 is 2.83 bits per heavy atom. The highest BCUT2D eigenvalue weighted by molar-refractivity contribution is 7.16. The van der Waals surface area contributed by atoms with E-state index in [9.17, 15) is 9.59 Å². The number of nitrogens with zero attached hydrogens (tertiary/aromatic N) is 4. The van der Waals surface area contributed by atoms with E-state index in [1.807, 2.05) is 40.8 Å². The predicted molar refractivity (Wildman–Crippen MR) is 115 cm³/mol. The summed E-state index contributed by atoms with van der Waals surface area (Å²) in [4.78, 5) is 34.9. The number of H-pyrrole nitrogens is 1. The Hall–Kier alpha value is -2.98. The standard InChI is InChI=1S/C20H24N6O3S/c1-13-14(18(28)22-19(21-13)26-9-11-29-12-10-26)7-8-17(27)23-24-20-25(2)15-5-3-4-6-16(15)30-20/h3-6H,7-12H2,1-2H3,(H,23,27)(H,21,22,28)/b24-20-. The van der Waals surface area contributed by atoms with Gasteiger partial charge in [-0.25, -0.2) is 10.4 Å². The van der Waals surface area contributed by atoms with Crippen LogP contribution in [0.2, 0.25) is 0 Å². The van der Waals surface area contributed by atoms with E-state index in [2.05, 4.69) is 20.5 Å². The van der Waals surface area contributed by atoms with Crippen molar-refractivity contribution < 1.29 is 9.53 Å². The van der Waals surface area contributed by atoms with Crippen LogP contribution in [-0.4, -0.2) is 46.7 Å². The van der Waals surface area contributed by atoms with Crippen molar-refractivity contribution >= 4 is 33.4 Å². The minimum atomic E-state index is -0.247. The molecule has 1 saturated heterocycles. The second-order valence-corrected chi connectivity index (χ2v) is 8.12. The summed E-state index contributed by atoms with van der Waals surface area (Å²) in [5, 5.41) is 4.24. The van der Waals surface area contributed by atoms with Gasteiger partial charge in [-0.15, -0.1) is 5.10 Å². The van der Waals surface area contributed by atoms with Crippen LogP contribution in [0.4, 0.5) is 5.95 Å². The summed E-state index contributed by atoms with van der Waals surface area (Å²) >= 11 is 1.50. The number of nitrogens with one attached hydrogen (secondary N) is 2. The number of amides is 1. The van der Waals surface area contributed by atoms with Crippen molar-refractivity contribution in [1.82, 2.24) is 20.0 Å². The molecule has 9 nitrogen and oxygen atoms in total. The Morgan fingerprint density at radius 2 is 2.10 bits per heavy atom. The van der Waals surface area contributed by atoms with Crippen LogP contribution in [0.5, 0.6) is 0 Å². The molecule has 0 aliphatic carbocycles. The average molecular weight is 429 g/mol. The maximum Gasteiger partial charge on any atom is 0.255 e. The molecule has 1 fully saturated rings. The molecule has 0 saturated carbocycles. The van der Waals surface area contributed by atoms with Gasteiger partial charge >= 0.3 is 0 Å². The van der Waals surface area contributed by atoms with E-state index in [1.165, 1.54) is 11.3 Å². The number of ether oxygens (including phenoxy) is 1. The second kappa shape index (κ2) is 8.80. The predicted octanol–water partition coefficient (Wildman–Crippen LogP) is 1.03. The molecular formula is C20H24N6O3S. The van der Waals surface area contributed by atoms with Gasteiger partial charge in [-0.05, 0) is 25.5 Å². The molecule has 1 aliphatic heterocycles. The van der Waals surface area contributed by atoms with Crippen LogP contribution in [0.3, 0.4) is 0 Å². The van der Waals surface area contributed by atoms with Crippen LogP contribution in [0.15, 0.2) is 34.2 Å². The Morgan fingerprint density at radius 1 is 1.33 bits per heavy atom. The van der Waals surface area contributed by atoms with E-state index < -0.39 is 0 Å². The molecule has 2 N–H and O–H groups in total. The van der Waals surface area contributed by atoms with E-state index >= 15 is 0 Å². The van der Waals surface area contributed by atoms with E-state index in [0.29, 0.717) is 54.7 Å². The SMILES string of the molecule is Cc1nc(N2CCOCC2)[nH]c(=O)c1CCC(=O)N/N=c1\sc2ccccc2n1C. The van der Waals surface area contributed by atoms with Crippen LogP contribution in [0.25, 0.3) is 10.2 Å². The first kappa shape index (κ1) is 20.3. The second-order valence-electron chi connectivity index (χ2n) is 7.11. The number of aromatic amines is 1. The van der Waals surface area contributed by atoms with Gasteiger partial charge in [0.25, 0.3) is 5.56 Å². The third kappa shape index (κ3) is 4.29. The first-order valence-corrected chi connectivity index (χ1v) is 10.6. The van der Waals surface area contributed by atoms with E-state index in [0.717, 1.165) is 10.2 Å². The number of hydrogen-bond donors (Lipinski definition) is 2. The van der Waals surface area contributed by atoms with Gasteiger partial charge in [0.2, 0.25) is 16.7 Å². The number of rotatable bonds is 5. The first-order valence-electron chi connectivity index (χ1n) is 9.82. The van der Waals surface area contributed by atoms with Gasteiger partial charge in [-0.3, -0.25) is 14.6 Å². The lowest BCUT2D eigenvalue weighted by molar-refractivity contribution is -0.121. The maximum absolute atomic E-state index is 12.5. The molecule has 0 radical (unpaired) electrons. The lowest BCUT2D eigenvalue weighted by Crippen LogP contribution is -2.38. The van der Waals surface area contributed by atoms with Gasteiger partial charge in [-0.1, -0.05) is 23.5 Å². The monoisotopic (exact) mass is 428 g/mol. The summed E-state index contributed by atoms with van der Waals surface area (Å²) in [6.45, 7) is 4.42. The van der Waals surface area contributed by atoms with Crippen molar-refractivity contribution in [3.05, 3.63) is 50.7 Å². The minimum Gasteiger partial charge on any atom is -0.378 e. The summed E-state index contributed by atoms with van der Waals surface area (Å²) < 4.78 is 8.37. The summed E-state index contributed by atoms with van der Waals surface area (Å²) in [7, 11) is 1.91. The number of morpholine rings is 1. The Bertz CT molecular complexity index is 1190. The zero-order valence-corrected chi connectivity index (χ0v) is 17.8. The number of hydrogen-bond acceptors (Lipinski definition) is 7. The minimum absolute atomic E-state index is 0.153. The van der Waals surface area contributed by atoms with E-state index in [-0.39, 0.29) is 17.9 Å². The molecule has 2 aromatic heterocycles. The highest BCUT2D eigenvalue weighted by atomic mass is 32.1. The molecule has 3 aromatic rings. The molecule has 1 aliphatic rings. The van der Waals surface area contributed by atoms with E-state index in [4.69, 9.17) is 4.74 Å². The number of carbonyl (C=O) groups is 1. The van der Waals surface area contributed by atoms with Crippen molar-refractivity contribution in [1.29, 1.82) is 0 Å². The van der Waals surface area contributed by atoms with Crippen molar-refractivity contribution in [2.24, 2.45) is 12.1 Å². The van der Waals surface area contributed by atoms with Crippen LogP contribution >= 0.6 is 11.3 Å². The lowest BCUT2D eigenvalue weighted by atomic mass is 10.1. The number of aromatic nitrogens is 3. The van der Waals surface area contributed by atoms with Crippen LogP contribution in [0, 0.1) is 6.92 Å². The molecular weight excluding hydrogens is 404 g/mol. The highest BCUT2D eigenvalue weighted by Crippen LogP contribution is 2.15. The number of fused-ring (bicyclic) bond motifs is 1. The fraction of sp³-hybridized carbons (Fsp3) is 0.400. The molecule has 0 atom stereocenters. The van der Waals surface area contributed by atoms with Crippen molar-refractivity contribution in [2.75, 3.05) is 31.2 Å². The van der Waals surface area contributed by atoms with Gasteiger partial charge in [-0.2, -0.15) is 0 Å². The van der Waals surface area contributed by atoms with Crippen molar-refractivity contribution in [3.8, 4) is 0 Å². The summed E-state index contributed by atoms with van der Waals surface area (Å²) in [5.41, 5.74) is 4.61. The molecule has 10 heteroatoms. The maximum atomic E-state index is 12.5. The zero-order chi connectivity index (χ0) is 21.1. The molecule has 3 heterocycles. The summed E-state index contributed by atoms with van der Waals surface area (Å²) in [5.74, 6) is 0.310. The van der Waals surface area contributed by atoms with Gasteiger partial charge in [0, 0.05) is 37.8 Å². The number of carbonyl (C=O) groups excluding carboxylic acids is 1. The Balaban J connectivity index is 1.42. The number of benzene rings is 1. The molecule has 1 amide bonds. The average Bonchev–Trinajstić information content (AvgIpc) is 3.08. The van der Waals surface area contributed by atoms with Gasteiger partial charge < -0.3 is 14.2 Å². The van der Waals surface area contributed by atoms with Crippen LogP contribution in [0.1, 0.15) is 17.7 Å². The fourth-order valence-corrected chi connectivity index (χ4v) is 4.39. The molecule has 0 unspecified atom stereocenters. The van der Waals surface area contributed by atoms with Crippen LogP contribution < -0.4 is 20.7 Å². The zero-order valence-electron chi connectivity index (χ0n) is 17.0. The third-order valence-corrected chi connectivity index (χ3v) is 6.23. The molecule has 1 aromatic carbocycles. The number of anilines is 1. The Labute approximate surface area is 177 Å². The molecule has 0 spiro atoms. The van der Waals surface area contributed by atoms with E-state index in [1.54, 1.807) is 6.92 Å². The summed E-state index contributed by atoms with van der Waals surface area (Å²) in [6.07, 6.45) is 0.456. The molecule has 158 valence electrons. The normalized spacial score (nSPS) is 15.0. The summed E-state index contributed by atoms with van der Waals surface area (Å²) in [6, 6.07) is 7.97. The van der Waals surface area contributed by atoms with Gasteiger partial charge in [0.1, 0.15) is 0 Å². The lowest BCUT2D eigenvalue weighted by Gasteiger charge is -2.27. The third-order valence-electron chi connectivity index (χ3n) is 5.11. The molecule has 4 rings (SSSR count). The Kier molecular flexibility index (Phi) is 5.96. The number of thiazole rings is 1. The number of aryl methyl sites for hydroxylation is 2. The van der Waals surface area contributed by atoms with Crippen molar-refractivity contribution in [3.63, 3.8) is 0 Å². The smallest absolute Gasteiger partial charge is 0.255 e. The van der Waals surface area contributed by atoms with Gasteiger partial charge in [0.15, 0.2) is 0 Å². The largest absolute Gasteiger partial charge is 0.378 e. The molecule has 30 heavy (non-hydrogen) atoms. The van der Waals surface area contributed by atoms with Crippen molar-refractivity contribution in [2.45, 2.75) is 19.8 Å². The van der Waals surface area contributed by atoms with Gasteiger partial charge in [0.05, 0.1) is 23.4 Å². The fourth-order valence-electron chi connectivity index (χ4n) is 3.41. The first-order chi connectivity index (χ1) is 14.5. The quantitative estimate of drug-likeness (QED) is 0.591. The highest BCUT2D eigenvalue weighted by Gasteiger charge is 2.16. The molecule has 0 bridgehead atoms. The topological polar surface area (TPSA) is 105 Å².